The van der Waals surface area contributed by atoms with Gasteiger partial charge >= 0.3 is 12.0 Å². The highest BCUT2D eigenvalue weighted by Gasteiger charge is 2.41. The third-order valence-corrected chi connectivity index (χ3v) is 5.15. The Labute approximate surface area is 206 Å². The average molecular weight is 513 g/mol. The van der Waals surface area contributed by atoms with Gasteiger partial charge in [-0.15, -0.1) is 10.2 Å². The SMILES string of the molecule is COC(=O)C(=O)[C@@H](C(=O)c1ccc(F)cc1)c1nc2n(c1O)C(=NC(=O)Nc1ccc(Cl)cc1)N=N2. The Morgan fingerprint density at radius 1 is 1.08 bits per heavy atom. The van der Waals surface area contributed by atoms with E-state index in [1.54, 1.807) is 12.1 Å². The number of anilines is 1. The van der Waals surface area contributed by atoms with Gasteiger partial charge in [0.15, 0.2) is 5.78 Å². The maximum atomic E-state index is 13.3. The number of aliphatic imine (C=N–C) groups is 1. The molecule has 0 unspecified atom stereocenters. The quantitative estimate of drug-likeness (QED) is 0.220. The van der Waals surface area contributed by atoms with E-state index >= 15 is 0 Å². The van der Waals surface area contributed by atoms with Crippen LogP contribution in [0.3, 0.4) is 0 Å². The highest BCUT2D eigenvalue weighted by molar-refractivity contribution is 6.41. The number of carbonyl (C=O) groups is 4. The summed E-state index contributed by atoms with van der Waals surface area (Å²) in [4.78, 5) is 57.8. The molecular weight excluding hydrogens is 499 g/mol. The Morgan fingerprint density at radius 3 is 2.39 bits per heavy atom. The number of urea groups is 1. The van der Waals surface area contributed by atoms with E-state index in [2.05, 4.69) is 30.3 Å². The van der Waals surface area contributed by atoms with Crippen LogP contribution in [0.2, 0.25) is 5.02 Å². The predicted molar refractivity (Wildman–Crippen MR) is 122 cm³/mol. The van der Waals surface area contributed by atoms with Crippen molar-refractivity contribution in [2.45, 2.75) is 5.92 Å². The highest BCUT2D eigenvalue weighted by atomic mass is 35.5. The molecule has 36 heavy (non-hydrogen) atoms. The number of aromatic nitrogens is 2. The van der Waals surface area contributed by atoms with Crippen LogP contribution in [-0.2, 0) is 14.3 Å². The van der Waals surface area contributed by atoms with E-state index in [0.29, 0.717) is 10.7 Å². The summed E-state index contributed by atoms with van der Waals surface area (Å²) >= 11 is 5.81. The minimum Gasteiger partial charge on any atom is -0.493 e. The first-order valence-electron chi connectivity index (χ1n) is 10.0. The third-order valence-electron chi connectivity index (χ3n) is 4.90. The number of ketones is 2. The summed E-state index contributed by atoms with van der Waals surface area (Å²) in [6, 6.07) is 9.42. The number of nitrogens with one attached hydrogen (secondary N) is 1. The molecule has 14 heteroatoms. The lowest BCUT2D eigenvalue weighted by Gasteiger charge is -2.12. The first-order chi connectivity index (χ1) is 17.2. The molecule has 1 aliphatic heterocycles. The Kier molecular flexibility index (Phi) is 6.65. The van der Waals surface area contributed by atoms with Gasteiger partial charge in [0.2, 0.25) is 5.88 Å². The molecule has 4 rings (SSSR count). The van der Waals surface area contributed by atoms with Crippen LogP contribution < -0.4 is 5.32 Å². The molecule has 182 valence electrons. The molecular formula is C22H14ClFN6O6. The lowest BCUT2D eigenvalue weighted by atomic mass is 9.90. The van der Waals surface area contributed by atoms with Crippen molar-refractivity contribution in [3.63, 3.8) is 0 Å². The van der Waals surface area contributed by atoms with Gasteiger partial charge in [0.25, 0.3) is 17.7 Å². The number of ether oxygens (including phenoxy) is 1. The molecule has 3 aromatic rings. The van der Waals surface area contributed by atoms with Crippen LogP contribution in [0, 0.1) is 5.82 Å². The normalized spacial score (nSPS) is 13.8. The second kappa shape index (κ2) is 9.84. The third kappa shape index (κ3) is 4.72. The van der Waals surface area contributed by atoms with Crippen molar-refractivity contribution in [1.82, 2.24) is 9.55 Å². The van der Waals surface area contributed by atoms with Crippen molar-refractivity contribution in [1.29, 1.82) is 0 Å². The maximum Gasteiger partial charge on any atom is 0.375 e. The molecule has 2 heterocycles. The Bertz CT molecular complexity index is 1450. The molecule has 2 amide bonds. The smallest absolute Gasteiger partial charge is 0.375 e. The van der Waals surface area contributed by atoms with Gasteiger partial charge in [-0.2, -0.15) is 4.99 Å². The van der Waals surface area contributed by atoms with Crippen molar-refractivity contribution in [3.8, 4) is 5.88 Å². The summed E-state index contributed by atoms with van der Waals surface area (Å²) in [6.45, 7) is 0. The van der Waals surface area contributed by atoms with Gasteiger partial charge in [-0.1, -0.05) is 11.6 Å². The molecule has 0 saturated carbocycles. The van der Waals surface area contributed by atoms with Gasteiger partial charge in [0, 0.05) is 16.3 Å². The number of carbonyl (C=O) groups excluding carboxylic acids is 4. The number of nitrogens with zero attached hydrogens (tertiary/aromatic N) is 5. The number of azo groups is 1. The van der Waals surface area contributed by atoms with Gasteiger partial charge in [-0.05, 0) is 48.5 Å². The Hall–Kier alpha value is -4.78. The molecule has 1 atom stereocenters. The number of fused-ring (bicyclic) bond motifs is 1. The monoisotopic (exact) mass is 512 g/mol. The molecule has 2 N–H and O–H groups in total. The summed E-state index contributed by atoms with van der Waals surface area (Å²) in [5.74, 6) is -7.82. The molecule has 12 nitrogen and oxygen atoms in total. The topological polar surface area (TPSA) is 165 Å². The minimum absolute atomic E-state index is 0.135. The fourth-order valence-corrected chi connectivity index (χ4v) is 3.34. The van der Waals surface area contributed by atoms with E-state index in [9.17, 15) is 28.7 Å². The van der Waals surface area contributed by atoms with Crippen molar-refractivity contribution in [3.05, 3.63) is 70.6 Å². The number of amides is 2. The lowest BCUT2D eigenvalue weighted by Crippen LogP contribution is -2.30. The summed E-state index contributed by atoms with van der Waals surface area (Å²) in [5, 5.41) is 21.1. The second-order valence-electron chi connectivity index (χ2n) is 7.16. The van der Waals surface area contributed by atoms with Crippen LogP contribution in [0.1, 0.15) is 22.0 Å². The number of halogens is 2. The molecule has 0 fully saturated rings. The number of imidazole rings is 1. The van der Waals surface area contributed by atoms with E-state index in [-0.39, 0.29) is 11.5 Å². The number of methoxy groups -OCH3 is 1. The van der Waals surface area contributed by atoms with E-state index in [0.717, 1.165) is 35.9 Å². The maximum absolute atomic E-state index is 13.3. The first kappa shape index (κ1) is 24.3. The van der Waals surface area contributed by atoms with Crippen LogP contribution in [0.5, 0.6) is 5.88 Å². The first-order valence-corrected chi connectivity index (χ1v) is 10.4. The number of Topliss-reactive ketones (excluding diaryl/α,β-unsaturated/α-hetero) is 2. The van der Waals surface area contributed by atoms with Crippen LogP contribution in [0.25, 0.3) is 0 Å². The summed E-state index contributed by atoms with van der Waals surface area (Å²) in [6.07, 6.45) is 0. The molecule has 1 aliphatic rings. The van der Waals surface area contributed by atoms with E-state index in [1.165, 1.54) is 12.1 Å². The second-order valence-corrected chi connectivity index (χ2v) is 7.60. The highest BCUT2D eigenvalue weighted by Crippen LogP contribution is 2.36. The van der Waals surface area contributed by atoms with Gasteiger partial charge in [0.1, 0.15) is 17.4 Å². The van der Waals surface area contributed by atoms with Gasteiger partial charge in [-0.25, -0.2) is 23.5 Å². The van der Waals surface area contributed by atoms with Gasteiger partial charge < -0.3 is 15.2 Å². The fraction of sp³-hybridized carbons (Fsp3) is 0.0909. The largest absolute Gasteiger partial charge is 0.493 e. The molecule has 1 aromatic heterocycles. The van der Waals surface area contributed by atoms with E-state index in [1.807, 2.05) is 0 Å². The summed E-state index contributed by atoms with van der Waals surface area (Å²) in [5.41, 5.74) is -0.323. The summed E-state index contributed by atoms with van der Waals surface area (Å²) in [7, 11) is 0.935. The Balaban J connectivity index is 1.70. The van der Waals surface area contributed by atoms with Crippen molar-refractivity contribution in [2.75, 3.05) is 12.4 Å². The lowest BCUT2D eigenvalue weighted by molar-refractivity contribution is -0.151. The number of hydrogen-bond acceptors (Lipinski definition) is 8. The summed E-state index contributed by atoms with van der Waals surface area (Å²) < 4.78 is 18.6. The van der Waals surface area contributed by atoms with Crippen LogP contribution >= 0.6 is 11.6 Å². The standard InChI is InChI=1S/C22H14ClFN6O6/c1-36-19(34)17(32)14(16(31)10-2-6-12(24)7-3-10)15-18(33)30-20(26-15)28-29-21(30)27-22(35)25-13-8-4-11(23)5-9-13/h2-9,14,33H,1H3,(H,25,35)/t14-/m1/s1. The minimum atomic E-state index is -1.96. The molecule has 0 saturated heterocycles. The number of rotatable bonds is 6. The Morgan fingerprint density at radius 2 is 1.75 bits per heavy atom. The number of hydrogen-bond donors (Lipinski definition) is 2. The molecule has 2 aromatic carbocycles. The predicted octanol–water partition coefficient (Wildman–Crippen LogP) is 3.62. The van der Waals surface area contributed by atoms with Gasteiger partial charge in [-0.3, -0.25) is 9.59 Å². The molecule has 0 radical (unpaired) electrons. The molecule has 0 aliphatic carbocycles. The van der Waals surface area contributed by atoms with Crippen molar-refractivity contribution >= 4 is 52.8 Å². The fourth-order valence-electron chi connectivity index (χ4n) is 3.21. The van der Waals surface area contributed by atoms with Crippen LogP contribution in [-0.4, -0.2) is 51.3 Å². The zero-order valence-corrected chi connectivity index (χ0v) is 18.9. The van der Waals surface area contributed by atoms with E-state index < -0.39 is 52.8 Å². The van der Waals surface area contributed by atoms with Crippen LogP contribution in [0.15, 0.2) is 63.8 Å². The van der Waals surface area contributed by atoms with E-state index in [4.69, 9.17) is 11.6 Å². The zero-order valence-electron chi connectivity index (χ0n) is 18.2. The van der Waals surface area contributed by atoms with Crippen molar-refractivity contribution < 1.29 is 33.4 Å². The number of esters is 1. The van der Waals surface area contributed by atoms with Gasteiger partial charge in [0.05, 0.1) is 7.11 Å². The molecule has 0 spiro atoms. The number of benzene rings is 2. The number of aromatic hydroxyl groups is 1. The zero-order chi connectivity index (χ0) is 26.0. The van der Waals surface area contributed by atoms with Crippen molar-refractivity contribution in [2.24, 2.45) is 15.2 Å². The average Bonchev–Trinajstić information content (AvgIpc) is 3.40. The molecule has 0 bridgehead atoms. The van der Waals surface area contributed by atoms with Crippen LogP contribution in [0.4, 0.5) is 20.8 Å².